The second kappa shape index (κ2) is 12.9. The third-order valence-corrected chi connectivity index (χ3v) is 8.00. The summed E-state index contributed by atoms with van der Waals surface area (Å²) in [6, 6.07) is 9.66. The third-order valence-electron chi connectivity index (χ3n) is 8.00. The van der Waals surface area contributed by atoms with E-state index in [1.807, 2.05) is 0 Å². The van der Waals surface area contributed by atoms with E-state index in [4.69, 9.17) is 0 Å². The molecular weight excluding hydrogens is 607 g/mol. The van der Waals surface area contributed by atoms with Gasteiger partial charge < -0.3 is 24.8 Å². The molecule has 0 saturated carbocycles. The maximum absolute atomic E-state index is 3.50. The molecule has 4 aliphatic carbocycles. The van der Waals surface area contributed by atoms with Crippen molar-refractivity contribution in [3.8, 4) is 11.1 Å². The number of hydrogen-bond donors (Lipinski definition) is 0. The molecule has 0 amide bonds. The molecule has 3 heteroatoms. The molecule has 4 aliphatic rings. The molecule has 0 aliphatic heterocycles. The third kappa shape index (κ3) is 7.38. The Morgan fingerprint density at radius 1 is 0.900 bits per heavy atom. The molecule has 0 bridgehead atoms. The zero-order chi connectivity index (χ0) is 28.0. The number of fused-ring (bicyclic) bond motifs is 5. The van der Waals surface area contributed by atoms with Crippen molar-refractivity contribution < 1.29 is 49.0 Å². The molecule has 0 fully saturated rings. The average Bonchev–Trinajstić information content (AvgIpc) is 3.56. The van der Waals surface area contributed by atoms with Crippen LogP contribution in [0.25, 0.3) is 23.3 Å². The maximum Gasteiger partial charge on any atom is -1.00 e. The monoisotopic (exact) mass is 648 g/mol. The molecule has 6 rings (SSSR count). The summed E-state index contributed by atoms with van der Waals surface area (Å²) in [6.45, 7) is 22.3. The number of allylic oxidation sites excluding steroid dienone is 6. The fraction of sp³-hybridized carbons (Fsp3) is 0.432. The number of hydrogen-bond acceptors (Lipinski definition) is 0. The fourth-order valence-electron chi connectivity index (χ4n) is 5.61. The van der Waals surface area contributed by atoms with Gasteiger partial charge in [-0.15, -0.1) is 11.6 Å². The van der Waals surface area contributed by atoms with Crippen LogP contribution in [0.3, 0.4) is 0 Å². The van der Waals surface area contributed by atoms with Crippen LogP contribution in [0.15, 0.2) is 48.1 Å². The predicted molar refractivity (Wildman–Crippen MR) is 163 cm³/mol. The first-order valence-corrected chi connectivity index (χ1v) is 15.3. The molecule has 0 aromatic heterocycles. The van der Waals surface area contributed by atoms with E-state index in [2.05, 4.69) is 136 Å². The molecule has 2 aromatic rings. The molecule has 2 aromatic carbocycles. The average molecular weight is 651 g/mol. The van der Waals surface area contributed by atoms with Crippen LogP contribution in [0, 0.1) is 23.5 Å². The molecule has 212 valence electrons. The summed E-state index contributed by atoms with van der Waals surface area (Å²) < 4.78 is 1.51. The molecule has 0 nitrogen and oxygen atoms in total. The van der Waals surface area contributed by atoms with E-state index in [1.165, 1.54) is 59.7 Å². The first-order chi connectivity index (χ1) is 17.6. The van der Waals surface area contributed by atoms with E-state index in [0.29, 0.717) is 11.3 Å². The molecule has 0 saturated heterocycles. The van der Waals surface area contributed by atoms with Crippen molar-refractivity contribution in [2.75, 3.05) is 0 Å². The van der Waals surface area contributed by atoms with E-state index in [0.717, 1.165) is 6.42 Å². The Morgan fingerprint density at radius 2 is 1.45 bits per heavy atom. The van der Waals surface area contributed by atoms with E-state index < -0.39 is 0 Å². The Kier molecular flexibility index (Phi) is 11.3. The van der Waals surface area contributed by atoms with Gasteiger partial charge >= 0.3 is 41.3 Å². The molecule has 0 radical (unpaired) electrons. The van der Waals surface area contributed by atoms with E-state index >= 15 is 0 Å². The number of rotatable bonds is 1. The van der Waals surface area contributed by atoms with Gasteiger partial charge in [0.15, 0.2) is 0 Å². The first-order valence-electron chi connectivity index (χ1n) is 14.1. The van der Waals surface area contributed by atoms with Gasteiger partial charge in [0.25, 0.3) is 0 Å². The predicted octanol–water partition coefficient (Wildman–Crippen LogP) is 3.78. The van der Waals surface area contributed by atoms with Crippen LogP contribution in [0.4, 0.5) is 0 Å². The summed E-state index contributed by atoms with van der Waals surface area (Å²) >= 11 is 1.55. The van der Waals surface area contributed by atoms with Gasteiger partial charge in [0, 0.05) is 5.41 Å². The van der Waals surface area contributed by atoms with E-state index in [9.17, 15) is 0 Å². The summed E-state index contributed by atoms with van der Waals surface area (Å²) in [5.74, 6) is 0.573. The Morgan fingerprint density at radius 3 is 1.95 bits per heavy atom. The Balaban J connectivity index is 0.000000280. The van der Waals surface area contributed by atoms with Crippen LogP contribution < -0.4 is 24.8 Å². The van der Waals surface area contributed by atoms with Crippen LogP contribution in [-0.2, 0) is 41.5 Å². The van der Waals surface area contributed by atoms with Crippen molar-refractivity contribution in [2.24, 2.45) is 11.3 Å². The van der Waals surface area contributed by atoms with Gasteiger partial charge in [-0.1, -0.05) is 103 Å². The fourth-order valence-corrected chi connectivity index (χ4v) is 5.61. The maximum atomic E-state index is 3.50. The van der Waals surface area contributed by atoms with Crippen LogP contribution in [0.2, 0.25) is 0 Å². The van der Waals surface area contributed by atoms with Gasteiger partial charge in [0.1, 0.15) is 0 Å². The summed E-state index contributed by atoms with van der Waals surface area (Å²) in [7, 11) is 0. The smallest absolute Gasteiger partial charge is 1.00 e. The minimum absolute atomic E-state index is 0. The summed E-state index contributed by atoms with van der Waals surface area (Å²) in [5, 5.41) is 0. The van der Waals surface area contributed by atoms with Crippen molar-refractivity contribution in [1.82, 2.24) is 0 Å². The largest absolute Gasteiger partial charge is 1.00 e. The minimum Gasteiger partial charge on any atom is -1.00 e. The van der Waals surface area contributed by atoms with Crippen LogP contribution >= 0.6 is 0 Å². The summed E-state index contributed by atoms with van der Waals surface area (Å²) in [5.41, 5.74) is 13.4. The van der Waals surface area contributed by atoms with Crippen molar-refractivity contribution in [2.45, 2.75) is 92.9 Å². The van der Waals surface area contributed by atoms with Gasteiger partial charge in [-0.05, 0) is 45.9 Å². The van der Waals surface area contributed by atoms with Crippen LogP contribution in [-0.4, -0.2) is 3.21 Å². The SMILES string of the molecule is CC1(C)[C-]=Cc2cc3c(cc21)Cc1cc2c(cc1-3)C=CC2(C)C.CCC1[C-]=CC(C(C)(C)C)=C1.C[C](C)=[Zr+2].[Cl-].[Cl-]. The summed E-state index contributed by atoms with van der Waals surface area (Å²) in [6.07, 6.45) is 20.4. The van der Waals surface area contributed by atoms with Crippen LogP contribution in [0.1, 0.15) is 109 Å². The van der Waals surface area contributed by atoms with Crippen molar-refractivity contribution in [3.05, 3.63) is 93.6 Å². The summed E-state index contributed by atoms with van der Waals surface area (Å²) in [4.78, 5) is 0. The van der Waals surface area contributed by atoms with Gasteiger partial charge in [0.05, 0.1) is 0 Å². The minimum atomic E-state index is 0. The molecule has 40 heavy (non-hydrogen) atoms. The zero-order valence-electron chi connectivity index (χ0n) is 25.9. The Bertz CT molecular complexity index is 1310. The van der Waals surface area contributed by atoms with E-state index in [-0.39, 0.29) is 35.6 Å². The molecule has 0 spiro atoms. The first kappa shape index (κ1) is 34.9. The van der Waals surface area contributed by atoms with Crippen molar-refractivity contribution in [1.29, 1.82) is 0 Å². The normalized spacial score (nSPS) is 19.0. The Labute approximate surface area is 271 Å². The van der Waals surface area contributed by atoms with Crippen molar-refractivity contribution >= 4 is 15.4 Å². The zero-order valence-corrected chi connectivity index (χ0v) is 29.9. The van der Waals surface area contributed by atoms with Gasteiger partial charge in [-0.3, -0.25) is 12.2 Å². The van der Waals surface area contributed by atoms with Gasteiger partial charge in [-0.2, -0.15) is 17.2 Å². The standard InChI is InChI=1S/C23H21.C11H17.C3H6.2ClH.Zr/c1-22(2)7-5-14-10-18-16(12-20(14)22)9-17-13-21-15(11-19(17)18)6-8-23(21,3)4;1-5-9-6-7-10(8-9)11(2,3)4;1-3-2;;;/h5-7,10-13H,9H2,1-4H3;7-9H,5H2,1-4H3;1-2H3;2*1H;/q2*-1;;;;+2/p-2. The molecular formula is C37H44Cl2Zr-2. The molecule has 1 atom stereocenters. The second-order valence-electron chi connectivity index (χ2n) is 13.5. The van der Waals surface area contributed by atoms with Gasteiger partial charge in [-0.25, -0.2) is 12.2 Å². The number of benzene rings is 2. The van der Waals surface area contributed by atoms with E-state index in [1.54, 1.807) is 24.2 Å². The quantitative estimate of drug-likeness (QED) is 0.352. The van der Waals surface area contributed by atoms with Gasteiger partial charge in [0.2, 0.25) is 0 Å². The molecule has 1 unspecified atom stereocenters. The number of halogens is 2. The topological polar surface area (TPSA) is 0 Å². The second-order valence-corrected chi connectivity index (χ2v) is 16.0. The molecule has 0 heterocycles. The van der Waals surface area contributed by atoms with Crippen LogP contribution in [0.5, 0.6) is 0 Å². The Hall–Kier alpha value is -1.27. The van der Waals surface area contributed by atoms with Crippen molar-refractivity contribution in [3.63, 3.8) is 0 Å². The molecule has 0 N–H and O–H groups in total.